The van der Waals surface area contributed by atoms with E-state index in [1.165, 1.54) is 0 Å². The van der Waals surface area contributed by atoms with Crippen molar-refractivity contribution in [2.45, 2.75) is 32.4 Å². The number of nitrogens with zero attached hydrogens (tertiary/aromatic N) is 2. The second-order valence-electron chi connectivity index (χ2n) is 9.19. The van der Waals surface area contributed by atoms with Gasteiger partial charge in [0, 0.05) is 35.7 Å². The number of halogens is 1. The first-order chi connectivity index (χ1) is 15.4. The Morgan fingerprint density at radius 2 is 1.72 bits per heavy atom. The molecule has 0 N–H and O–H groups in total. The maximum absolute atomic E-state index is 9.49. The number of rotatable bonds is 7. The van der Waals surface area contributed by atoms with E-state index < -0.39 is 8.07 Å². The standard InChI is InChI=1S/C27H27BrN2OSi/c1-32(2,3)16-15-31-19-30-25-14-7-5-12-23(25)26(21-10-8-9-20(17-21)18-29)27(30)22-11-4-6-13-24(22)28/h4-14,17H,15-16,19H2,1-3H3. The van der Waals surface area contributed by atoms with E-state index in [4.69, 9.17) is 4.74 Å². The predicted octanol–water partition coefficient (Wildman–Crippen LogP) is 7.92. The highest BCUT2D eigenvalue weighted by molar-refractivity contribution is 9.10. The van der Waals surface area contributed by atoms with E-state index >= 15 is 0 Å². The van der Waals surface area contributed by atoms with Crippen molar-refractivity contribution in [3.63, 3.8) is 0 Å². The zero-order valence-corrected chi connectivity index (χ0v) is 21.3. The van der Waals surface area contributed by atoms with Gasteiger partial charge in [-0.15, -0.1) is 0 Å². The molecule has 0 spiro atoms. The Morgan fingerprint density at radius 3 is 2.47 bits per heavy atom. The lowest BCUT2D eigenvalue weighted by molar-refractivity contribution is 0.0913. The van der Waals surface area contributed by atoms with E-state index in [9.17, 15) is 5.26 Å². The zero-order chi connectivity index (χ0) is 22.7. The molecule has 0 saturated carbocycles. The van der Waals surface area contributed by atoms with Gasteiger partial charge >= 0.3 is 0 Å². The van der Waals surface area contributed by atoms with Crippen molar-refractivity contribution in [2.75, 3.05) is 6.61 Å². The molecule has 32 heavy (non-hydrogen) atoms. The average molecular weight is 504 g/mol. The van der Waals surface area contributed by atoms with Crippen LogP contribution in [0.3, 0.4) is 0 Å². The van der Waals surface area contributed by atoms with Crippen LogP contribution in [-0.2, 0) is 11.5 Å². The summed E-state index contributed by atoms with van der Waals surface area (Å²) in [6, 6.07) is 28.0. The predicted molar refractivity (Wildman–Crippen MR) is 139 cm³/mol. The highest BCUT2D eigenvalue weighted by Crippen LogP contribution is 2.43. The Morgan fingerprint density at radius 1 is 0.969 bits per heavy atom. The smallest absolute Gasteiger partial charge is 0.123 e. The van der Waals surface area contributed by atoms with Gasteiger partial charge in [-0.3, -0.25) is 0 Å². The molecule has 1 heterocycles. The van der Waals surface area contributed by atoms with Crippen molar-refractivity contribution in [2.24, 2.45) is 0 Å². The second kappa shape index (κ2) is 9.46. The van der Waals surface area contributed by atoms with Crippen LogP contribution in [0.25, 0.3) is 33.3 Å². The molecule has 0 fully saturated rings. The van der Waals surface area contributed by atoms with E-state index in [-0.39, 0.29) is 0 Å². The normalized spacial score (nSPS) is 11.6. The zero-order valence-electron chi connectivity index (χ0n) is 18.7. The number of para-hydroxylation sites is 1. The first kappa shape index (κ1) is 22.5. The fourth-order valence-corrected chi connectivity index (χ4v) is 5.17. The maximum atomic E-state index is 9.49. The molecule has 0 unspecified atom stereocenters. The molecule has 1 aromatic heterocycles. The van der Waals surface area contributed by atoms with Crippen molar-refractivity contribution in [1.82, 2.24) is 4.57 Å². The topological polar surface area (TPSA) is 38.0 Å². The molecule has 0 atom stereocenters. The van der Waals surface area contributed by atoms with Crippen molar-refractivity contribution in [1.29, 1.82) is 5.26 Å². The average Bonchev–Trinajstić information content (AvgIpc) is 3.10. The first-order valence-electron chi connectivity index (χ1n) is 10.8. The highest BCUT2D eigenvalue weighted by atomic mass is 79.9. The van der Waals surface area contributed by atoms with Crippen LogP contribution in [0.15, 0.2) is 77.3 Å². The number of ether oxygens (including phenoxy) is 1. The van der Waals surface area contributed by atoms with Gasteiger partial charge in [0.15, 0.2) is 0 Å². The van der Waals surface area contributed by atoms with Crippen molar-refractivity contribution < 1.29 is 4.74 Å². The van der Waals surface area contributed by atoms with Gasteiger partial charge in [0.1, 0.15) is 6.73 Å². The summed E-state index contributed by atoms with van der Waals surface area (Å²) in [4.78, 5) is 0. The van der Waals surface area contributed by atoms with E-state index in [0.717, 1.165) is 50.4 Å². The van der Waals surface area contributed by atoms with Crippen molar-refractivity contribution in [3.05, 3.63) is 82.8 Å². The lowest BCUT2D eigenvalue weighted by Gasteiger charge is -2.18. The summed E-state index contributed by atoms with van der Waals surface area (Å²) in [5, 5.41) is 10.6. The molecule has 4 aromatic rings. The molecule has 0 aliphatic carbocycles. The summed E-state index contributed by atoms with van der Waals surface area (Å²) in [7, 11) is -1.17. The van der Waals surface area contributed by atoms with Crippen LogP contribution >= 0.6 is 15.9 Å². The van der Waals surface area contributed by atoms with Crippen LogP contribution in [0.1, 0.15) is 5.56 Å². The molecule has 5 heteroatoms. The largest absolute Gasteiger partial charge is 0.361 e. The van der Waals surface area contributed by atoms with E-state index in [1.54, 1.807) is 0 Å². The molecule has 3 aromatic carbocycles. The lowest BCUT2D eigenvalue weighted by Crippen LogP contribution is -2.22. The number of aromatic nitrogens is 1. The van der Waals surface area contributed by atoms with Crippen LogP contribution in [0.4, 0.5) is 0 Å². The van der Waals surface area contributed by atoms with Crippen molar-refractivity contribution >= 4 is 34.9 Å². The monoisotopic (exact) mass is 502 g/mol. The van der Waals surface area contributed by atoms with Gasteiger partial charge < -0.3 is 9.30 Å². The SMILES string of the molecule is C[Si](C)(C)CCOCn1c(-c2ccccc2Br)c(-c2cccc(C#N)c2)c2ccccc21. The van der Waals surface area contributed by atoms with Gasteiger partial charge in [0.05, 0.1) is 22.8 Å². The quantitative estimate of drug-likeness (QED) is 0.190. The summed E-state index contributed by atoms with van der Waals surface area (Å²) < 4.78 is 9.53. The molecule has 0 amide bonds. The highest BCUT2D eigenvalue weighted by Gasteiger charge is 2.22. The lowest BCUT2D eigenvalue weighted by atomic mass is 9.97. The Hall–Kier alpha value is -2.65. The van der Waals surface area contributed by atoms with E-state index in [2.05, 4.69) is 94.7 Å². The fraction of sp³-hybridized carbons (Fsp3) is 0.222. The minimum Gasteiger partial charge on any atom is -0.361 e. The molecule has 4 rings (SSSR count). The Kier molecular flexibility index (Phi) is 6.66. The van der Waals surface area contributed by atoms with Crippen LogP contribution in [-0.4, -0.2) is 19.2 Å². The van der Waals surface area contributed by atoms with Gasteiger partial charge in [-0.2, -0.15) is 5.26 Å². The first-order valence-corrected chi connectivity index (χ1v) is 15.3. The number of hydrogen-bond donors (Lipinski definition) is 0. The summed E-state index contributed by atoms with van der Waals surface area (Å²) in [6.07, 6.45) is 0. The van der Waals surface area contributed by atoms with Crippen LogP contribution in [0, 0.1) is 11.3 Å². The van der Waals surface area contributed by atoms with Crippen LogP contribution in [0.5, 0.6) is 0 Å². The van der Waals surface area contributed by atoms with Gasteiger partial charge in [-0.05, 0) is 35.9 Å². The summed E-state index contributed by atoms with van der Waals surface area (Å²) in [5.74, 6) is 0. The third-order valence-corrected chi connectivity index (χ3v) is 7.99. The van der Waals surface area contributed by atoms with Gasteiger partial charge in [0.25, 0.3) is 0 Å². The number of nitriles is 1. The Labute approximate surface area is 199 Å². The van der Waals surface area contributed by atoms with Crippen LogP contribution < -0.4 is 0 Å². The number of hydrogen-bond acceptors (Lipinski definition) is 2. The fourth-order valence-electron chi connectivity index (χ4n) is 3.94. The molecule has 162 valence electrons. The van der Waals surface area contributed by atoms with Gasteiger partial charge in [-0.1, -0.05) is 84.1 Å². The molecule has 0 aliphatic rings. The molecule has 0 aliphatic heterocycles. The summed E-state index contributed by atoms with van der Waals surface area (Å²) >= 11 is 3.77. The van der Waals surface area contributed by atoms with Crippen LogP contribution in [0.2, 0.25) is 25.7 Å². The minimum atomic E-state index is -1.17. The van der Waals surface area contributed by atoms with Gasteiger partial charge in [0.2, 0.25) is 0 Å². The summed E-state index contributed by atoms with van der Waals surface area (Å²) in [5.41, 5.74) is 6.15. The van der Waals surface area contributed by atoms with Gasteiger partial charge in [-0.25, -0.2) is 0 Å². The third-order valence-electron chi connectivity index (χ3n) is 5.60. The Balaban J connectivity index is 1.93. The number of benzene rings is 3. The molecule has 3 nitrogen and oxygen atoms in total. The Bertz CT molecular complexity index is 1300. The minimum absolute atomic E-state index is 0.486. The molecule has 0 radical (unpaired) electrons. The van der Waals surface area contributed by atoms with E-state index in [1.807, 2.05) is 24.3 Å². The number of fused-ring (bicyclic) bond motifs is 1. The summed E-state index contributed by atoms with van der Waals surface area (Å²) in [6.45, 7) is 8.35. The molecule has 0 saturated heterocycles. The molecular weight excluding hydrogens is 476 g/mol. The third kappa shape index (κ3) is 4.73. The molecule has 0 bridgehead atoms. The molecular formula is C27H27BrN2OSi. The van der Waals surface area contributed by atoms with Crippen molar-refractivity contribution in [3.8, 4) is 28.5 Å². The van der Waals surface area contributed by atoms with E-state index in [0.29, 0.717) is 12.3 Å². The second-order valence-corrected chi connectivity index (χ2v) is 15.7. The maximum Gasteiger partial charge on any atom is 0.123 e.